The van der Waals surface area contributed by atoms with E-state index in [-0.39, 0.29) is 24.4 Å². The van der Waals surface area contributed by atoms with Crippen molar-refractivity contribution in [3.05, 3.63) is 0 Å². The first-order valence-electron chi connectivity index (χ1n) is 4.59. The summed E-state index contributed by atoms with van der Waals surface area (Å²) in [5, 5.41) is 3.23. The average molecular weight is 196 g/mol. The van der Waals surface area contributed by atoms with Crippen molar-refractivity contribution in [1.82, 2.24) is 5.32 Å². The second-order valence-electron chi connectivity index (χ2n) is 3.74. The first-order chi connectivity index (χ1) is 5.22. The molecule has 1 nitrogen and oxygen atoms in total. The highest BCUT2D eigenvalue weighted by Gasteiger charge is 2.24. The van der Waals surface area contributed by atoms with Crippen molar-refractivity contribution in [2.24, 2.45) is 5.92 Å². The highest BCUT2D eigenvalue weighted by molar-refractivity contribution is 5.85. The number of nitrogens with one attached hydrogen (secondary N) is 1. The molecule has 1 saturated heterocycles. The van der Waals surface area contributed by atoms with Gasteiger partial charge in [0.05, 0.1) is 0 Å². The third-order valence-corrected chi connectivity index (χ3v) is 2.37. The normalized spacial score (nSPS) is 26.5. The maximum atomic E-state index is 13.3. The fourth-order valence-corrected chi connectivity index (χ4v) is 1.62. The number of hydrogen-bond donors (Lipinski definition) is 1. The molecule has 12 heavy (non-hydrogen) atoms. The molecule has 1 rings (SSSR count). The van der Waals surface area contributed by atoms with Gasteiger partial charge in [0.1, 0.15) is 6.17 Å². The van der Waals surface area contributed by atoms with E-state index in [2.05, 4.69) is 5.32 Å². The highest BCUT2D eigenvalue weighted by Crippen LogP contribution is 2.18. The molecule has 2 unspecified atom stereocenters. The topological polar surface area (TPSA) is 12.0 Å². The van der Waals surface area contributed by atoms with Crippen LogP contribution in [0.15, 0.2) is 0 Å². The minimum absolute atomic E-state index is 0. The summed E-state index contributed by atoms with van der Waals surface area (Å²) in [6.07, 6.45) is 2.75. The van der Waals surface area contributed by atoms with Crippen molar-refractivity contribution in [3.8, 4) is 0 Å². The predicted molar refractivity (Wildman–Crippen MR) is 52.6 cm³/mol. The van der Waals surface area contributed by atoms with Gasteiger partial charge in [-0.15, -0.1) is 12.4 Å². The number of hydrogen-bond acceptors (Lipinski definition) is 1. The third-order valence-electron chi connectivity index (χ3n) is 2.37. The molecule has 0 radical (unpaired) electrons. The molecule has 2 atom stereocenters. The van der Waals surface area contributed by atoms with Crippen molar-refractivity contribution >= 4 is 12.4 Å². The van der Waals surface area contributed by atoms with Crippen LogP contribution in [0.3, 0.4) is 0 Å². The lowest BCUT2D eigenvalue weighted by Crippen LogP contribution is -2.43. The van der Waals surface area contributed by atoms with Gasteiger partial charge in [-0.25, -0.2) is 4.39 Å². The van der Waals surface area contributed by atoms with Gasteiger partial charge in [0.15, 0.2) is 0 Å². The molecule has 0 aromatic carbocycles. The number of halogens is 2. The second-order valence-corrected chi connectivity index (χ2v) is 3.74. The first-order valence-corrected chi connectivity index (χ1v) is 4.59. The largest absolute Gasteiger partial charge is 0.311 e. The Bertz CT molecular complexity index is 113. The summed E-state index contributed by atoms with van der Waals surface area (Å²) in [5.41, 5.74) is 0. The average Bonchev–Trinajstić information content (AvgIpc) is 2.05. The molecule has 0 saturated carbocycles. The van der Waals surface area contributed by atoms with Crippen LogP contribution in [0.4, 0.5) is 4.39 Å². The molecule has 0 aliphatic carbocycles. The van der Waals surface area contributed by atoms with E-state index in [9.17, 15) is 4.39 Å². The monoisotopic (exact) mass is 195 g/mol. The zero-order valence-electron chi connectivity index (χ0n) is 7.85. The van der Waals surface area contributed by atoms with Crippen LogP contribution >= 0.6 is 12.4 Å². The summed E-state index contributed by atoms with van der Waals surface area (Å²) in [4.78, 5) is 0. The molecular formula is C9H19ClFN. The van der Waals surface area contributed by atoms with E-state index < -0.39 is 6.17 Å². The molecule has 1 fully saturated rings. The van der Waals surface area contributed by atoms with E-state index in [1.54, 1.807) is 0 Å². The van der Waals surface area contributed by atoms with Crippen LogP contribution in [0.1, 0.15) is 33.1 Å². The molecule has 1 heterocycles. The summed E-state index contributed by atoms with van der Waals surface area (Å²) in [7, 11) is 0. The van der Waals surface area contributed by atoms with Crippen LogP contribution in [0.2, 0.25) is 0 Å². The predicted octanol–water partition coefficient (Wildman–Crippen LogP) is 2.54. The molecule has 0 aromatic heterocycles. The molecule has 1 N–H and O–H groups in total. The molecule has 0 bridgehead atoms. The van der Waals surface area contributed by atoms with E-state index in [0.717, 1.165) is 13.0 Å². The van der Waals surface area contributed by atoms with Crippen LogP contribution in [-0.4, -0.2) is 18.8 Å². The SMILES string of the molecule is CC(C)C(F)C1CCCCN1.Cl. The molecule has 3 heteroatoms. The Morgan fingerprint density at radius 2 is 2.00 bits per heavy atom. The van der Waals surface area contributed by atoms with Crippen LogP contribution in [0.25, 0.3) is 0 Å². The molecule has 1 aliphatic rings. The Hall–Kier alpha value is 0.180. The van der Waals surface area contributed by atoms with E-state index in [0.29, 0.717) is 0 Å². The summed E-state index contributed by atoms with van der Waals surface area (Å²) < 4.78 is 13.3. The summed E-state index contributed by atoms with van der Waals surface area (Å²) in [5.74, 6) is 0.158. The van der Waals surface area contributed by atoms with E-state index in [4.69, 9.17) is 0 Å². The van der Waals surface area contributed by atoms with Crippen LogP contribution in [0.5, 0.6) is 0 Å². The number of piperidine rings is 1. The summed E-state index contributed by atoms with van der Waals surface area (Å²) >= 11 is 0. The van der Waals surface area contributed by atoms with Crippen molar-refractivity contribution in [3.63, 3.8) is 0 Å². The van der Waals surface area contributed by atoms with Gasteiger partial charge in [0, 0.05) is 6.04 Å². The Morgan fingerprint density at radius 1 is 1.33 bits per heavy atom. The smallest absolute Gasteiger partial charge is 0.118 e. The standard InChI is InChI=1S/C9H18FN.ClH/c1-7(2)9(10)8-5-3-4-6-11-8;/h7-9,11H,3-6H2,1-2H3;1H. The third kappa shape index (κ3) is 3.28. The van der Waals surface area contributed by atoms with Crippen molar-refractivity contribution in [2.45, 2.75) is 45.3 Å². The molecule has 0 amide bonds. The van der Waals surface area contributed by atoms with Gasteiger partial charge in [0.25, 0.3) is 0 Å². The fraction of sp³-hybridized carbons (Fsp3) is 1.00. The summed E-state index contributed by atoms with van der Waals surface area (Å²) in [6.45, 7) is 4.89. The van der Waals surface area contributed by atoms with Gasteiger partial charge in [0.2, 0.25) is 0 Å². The zero-order chi connectivity index (χ0) is 8.27. The highest BCUT2D eigenvalue weighted by atomic mass is 35.5. The lowest BCUT2D eigenvalue weighted by Gasteiger charge is -2.28. The fourth-order valence-electron chi connectivity index (χ4n) is 1.62. The molecule has 0 aromatic rings. The zero-order valence-corrected chi connectivity index (χ0v) is 8.66. The maximum Gasteiger partial charge on any atom is 0.118 e. The Morgan fingerprint density at radius 3 is 2.42 bits per heavy atom. The summed E-state index contributed by atoms with van der Waals surface area (Å²) in [6, 6.07) is 0.128. The Kier molecular flexibility index (Phi) is 5.85. The molecule has 1 aliphatic heterocycles. The van der Waals surface area contributed by atoms with Gasteiger partial charge in [-0.3, -0.25) is 0 Å². The van der Waals surface area contributed by atoms with Crippen LogP contribution < -0.4 is 5.32 Å². The quantitative estimate of drug-likeness (QED) is 0.714. The first kappa shape index (κ1) is 12.2. The lowest BCUT2D eigenvalue weighted by molar-refractivity contribution is 0.168. The number of rotatable bonds is 2. The van der Waals surface area contributed by atoms with E-state index in [1.807, 2.05) is 13.8 Å². The minimum atomic E-state index is -0.657. The molecule has 0 spiro atoms. The van der Waals surface area contributed by atoms with Gasteiger partial charge in [-0.2, -0.15) is 0 Å². The van der Waals surface area contributed by atoms with Crippen molar-refractivity contribution < 1.29 is 4.39 Å². The minimum Gasteiger partial charge on any atom is -0.311 e. The van der Waals surface area contributed by atoms with Gasteiger partial charge in [-0.1, -0.05) is 20.3 Å². The van der Waals surface area contributed by atoms with Gasteiger partial charge < -0.3 is 5.32 Å². The number of alkyl halides is 1. The van der Waals surface area contributed by atoms with E-state index >= 15 is 0 Å². The Balaban J connectivity index is 0.00000121. The van der Waals surface area contributed by atoms with E-state index in [1.165, 1.54) is 12.8 Å². The Labute approximate surface area is 80.5 Å². The van der Waals surface area contributed by atoms with Crippen molar-refractivity contribution in [2.75, 3.05) is 6.54 Å². The molecule has 74 valence electrons. The van der Waals surface area contributed by atoms with Gasteiger partial charge in [-0.05, 0) is 25.3 Å². The second kappa shape index (κ2) is 5.76. The maximum absolute atomic E-state index is 13.3. The van der Waals surface area contributed by atoms with Gasteiger partial charge >= 0.3 is 0 Å². The van der Waals surface area contributed by atoms with Crippen LogP contribution in [-0.2, 0) is 0 Å². The lowest BCUT2D eigenvalue weighted by atomic mass is 9.94. The molecular weight excluding hydrogens is 177 g/mol. The van der Waals surface area contributed by atoms with Crippen LogP contribution in [0, 0.1) is 5.92 Å². The van der Waals surface area contributed by atoms with Crippen molar-refractivity contribution in [1.29, 1.82) is 0 Å².